The molecular weight excluding hydrogens is 461 g/mol. The van der Waals surface area contributed by atoms with E-state index in [0.717, 1.165) is 0 Å². The van der Waals surface area contributed by atoms with Crippen LogP contribution in [0, 0.1) is 11.2 Å². The van der Waals surface area contributed by atoms with Gasteiger partial charge in [-0.05, 0) is 41.2 Å². The van der Waals surface area contributed by atoms with E-state index < -0.39 is 53.2 Å². The van der Waals surface area contributed by atoms with Crippen molar-refractivity contribution in [3.63, 3.8) is 0 Å². The van der Waals surface area contributed by atoms with Gasteiger partial charge in [-0.15, -0.1) is 0 Å². The highest BCUT2D eigenvalue weighted by atomic mass is 35.5. The lowest BCUT2D eigenvalue weighted by Crippen LogP contribution is -2.50. The highest BCUT2D eigenvalue weighted by Crippen LogP contribution is 2.57. The second-order valence-electron chi connectivity index (χ2n) is 9.17. The van der Waals surface area contributed by atoms with Crippen LogP contribution in [0.25, 0.3) is 0 Å². The van der Waals surface area contributed by atoms with Crippen LogP contribution in [0.5, 0.6) is 0 Å². The first-order valence-corrected chi connectivity index (χ1v) is 10.9. The van der Waals surface area contributed by atoms with Crippen molar-refractivity contribution in [3.8, 4) is 0 Å². The van der Waals surface area contributed by atoms with Crippen molar-refractivity contribution in [3.05, 3.63) is 63.4 Å². The van der Waals surface area contributed by atoms with Gasteiger partial charge < -0.3 is 10.4 Å². The first-order valence-electron chi connectivity index (χ1n) is 10.1. The van der Waals surface area contributed by atoms with Crippen molar-refractivity contribution in [2.24, 2.45) is 5.41 Å². The third kappa shape index (κ3) is 3.38. The Morgan fingerprint density at radius 2 is 1.97 bits per heavy atom. The summed E-state index contributed by atoms with van der Waals surface area (Å²) in [7, 11) is 0. The fourth-order valence-corrected chi connectivity index (χ4v) is 5.49. The maximum Gasteiger partial charge on any atom is 0.321 e. The summed E-state index contributed by atoms with van der Waals surface area (Å²) in [6, 6.07) is 7.02. The number of carboxylic acids is 1. The molecule has 2 heterocycles. The number of nitrogens with one attached hydrogen (secondary N) is 2. The number of carbonyl (C=O) groups excluding carboxylic acids is 1. The van der Waals surface area contributed by atoms with Crippen LogP contribution in [0.15, 0.2) is 36.4 Å². The summed E-state index contributed by atoms with van der Waals surface area (Å²) in [6.07, 6.45) is 0.140. The van der Waals surface area contributed by atoms with Gasteiger partial charge in [-0.25, -0.2) is 4.39 Å². The Hall–Kier alpha value is -2.22. The van der Waals surface area contributed by atoms with Crippen molar-refractivity contribution in [1.29, 1.82) is 0 Å². The summed E-state index contributed by atoms with van der Waals surface area (Å²) in [5.74, 6) is -3.66. The molecule has 1 fully saturated rings. The Balaban J connectivity index is 2.03. The molecule has 9 heteroatoms. The largest absolute Gasteiger partial charge is 0.480 e. The van der Waals surface area contributed by atoms with Crippen LogP contribution in [0.3, 0.4) is 0 Å². The molecule has 0 unspecified atom stereocenters. The van der Waals surface area contributed by atoms with E-state index in [-0.39, 0.29) is 17.0 Å². The molecule has 170 valence electrons. The van der Waals surface area contributed by atoms with E-state index >= 15 is 4.39 Å². The number of benzene rings is 2. The molecule has 0 saturated carbocycles. The summed E-state index contributed by atoms with van der Waals surface area (Å²) in [4.78, 5) is 26.0. The summed E-state index contributed by atoms with van der Waals surface area (Å²) >= 11 is 12.1. The van der Waals surface area contributed by atoms with Gasteiger partial charge in [0.2, 0.25) is 5.91 Å². The highest BCUT2D eigenvalue weighted by Gasteiger charge is 2.66. The molecule has 2 aromatic carbocycles. The molecule has 0 bridgehead atoms. The standard InChI is InChI=1S/C23H22Cl2F2N2O3/c1-22(2,10-26)9-16-23(13-7-6-11(24)8-15(13)28-21(23)32)17(19(29-16)20(30)31)12-4-3-5-14(25)18(12)27/h3-8,16-17,19,29H,9-10H2,1-2H3,(H,28,32)(H,30,31)/t16-,17-,19+,23+/m0/s1. The van der Waals surface area contributed by atoms with Gasteiger partial charge in [-0.3, -0.25) is 19.3 Å². The number of carboxylic acid groups (broad SMARTS) is 1. The molecule has 0 aliphatic carbocycles. The number of hydrogen-bond donors (Lipinski definition) is 3. The zero-order chi connectivity index (χ0) is 23.4. The van der Waals surface area contributed by atoms with Crippen LogP contribution in [0.2, 0.25) is 10.0 Å². The number of aliphatic carboxylic acids is 1. The van der Waals surface area contributed by atoms with Crippen molar-refractivity contribution in [2.75, 3.05) is 12.0 Å². The smallest absolute Gasteiger partial charge is 0.321 e. The second-order valence-corrected chi connectivity index (χ2v) is 10.0. The summed E-state index contributed by atoms with van der Waals surface area (Å²) in [5, 5.41) is 16.1. The van der Waals surface area contributed by atoms with Gasteiger partial charge in [0.1, 0.15) is 17.3 Å². The van der Waals surface area contributed by atoms with Gasteiger partial charge in [0, 0.05) is 22.7 Å². The van der Waals surface area contributed by atoms with E-state index in [4.69, 9.17) is 23.2 Å². The summed E-state index contributed by atoms with van der Waals surface area (Å²) in [5.41, 5.74) is -1.44. The third-order valence-corrected chi connectivity index (χ3v) is 7.03. The molecule has 3 N–H and O–H groups in total. The number of alkyl halides is 1. The zero-order valence-corrected chi connectivity index (χ0v) is 18.9. The lowest BCUT2D eigenvalue weighted by molar-refractivity contribution is -0.139. The Morgan fingerprint density at radius 1 is 1.25 bits per heavy atom. The van der Waals surface area contributed by atoms with Gasteiger partial charge in [0.05, 0.1) is 11.7 Å². The van der Waals surface area contributed by atoms with E-state index in [1.807, 2.05) is 0 Å². The Labute approximate surface area is 194 Å². The van der Waals surface area contributed by atoms with Crippen LogP contribution >= 0.6 is 23.2 Å². The maximum absolute atomic E-state index is 15.3. The number of fused-ring (bicyclic) bond motifs is 2. The second kappa shape index (κ2) is 7.97. The van der Waals surface area contributed by atoms with Crippen molar-refractivity contribution in [1.82, 2.24) is 5.32 Å². The van der Waals surface area contributed by atoms with Crippen LogP contribution in [0.4, 0.5) is 14.5 Å². The Bertz CT molecular complexity index is 1110. The number of carbonyl (C=O) groups is 2. The van der Waals surface area contributed by atoms with Gasteiger partial charge in [0.25, 0.3) is 0 Å². The maximum atomic E-state index is 15.3. The monoisotopic (exact) mass is 482 g/mol. The predicted molar refractivity (Wildman–Crippen MR) is 119 cm³/mol. The van der Waals surface area contributed by atoms with Gasteiger partial charge >= 0.3 is 5.97 Å². The molecule has 1 spiro atoms. The number of rotatable bonds is 5. The minimum absolute atomic E-state index is 0.0101. The first-order chi connectivity index (χ1) is 15.0. The molecule has 32 heavy (non-hydrogen) atoms. The quantitative estimate of drug-likeness (QED) is 0.565. The minimum Gasteiger partial charge on any atom is -0.480 e. The van der Waals surface area contributed by atoms with Crippen LogP contribution in [0.1, 0.15) is 37.3 Å². The molecule has 4 rings (SSSR count). The lowest BCUT2D eigenvalue weighted by atomic mass is 9.62. The Morgan fingerprint density at radius 3 is 2.62 bits per heavy atom. The molecule has 5 nitrogen and oxygen atoms in total. The molecule has 2 aliphatic heterocycles. The molecule has 4 atom stereocenters. The summed E-state index contributed by atoms with van der Waals surface area (Å²) < 4.78 is 29.1. The normalized spacial score (nSPS) is 26.9. The van der Waals surface area contributed by atoms with E-state index in [1.165, 1.54) is 18.2 Å². The average Bonchev–Trinajstić information content (AvgIpc) is 3.20. The first kappa shape index (κ1) is 23.0. The zero-order valence-electron chi connectivity index (χ0n) is 17.4. The number of anilines is 1. The van der Waals surface area contributed by atoms with Gasteiger partial charge in [-0.1, -0.05) is 55.2 Å². The SMILES string of the molecule is CC(C)(CF)C[C@@H]1N[C@@H](C(=O)O)[C@H](c2cccc(Cl)c2F)[C@]12C(=O)Nc1cc(Cl)ccc12. The third-order valence-electron chi connectivity index (χ3n) is 6.51. The van der Waals surface area contributed by atoms with Gasteiger partial charge in [0.15, 0.2) is 0 Å². The minimum atomic E-state index is -1.51. The van der Waals surface area contributed by atoms with E-state index in [2.05, 4.69) is 10.6 Å². The van der Waals surface area contributed by atoms with Crippen molar-refractivity contribution in [2.45, 2.75) is 43.7 Å². The van der Waals surface area contributed by atoms with Gasteiger partial charge in [-0.2, -0.15) is 0 Å². The molecule has 0 radical (unpaired) electrons. The molecule has 1 amide bonds. The van der Waals surface area contributed by atoms with Crippen molar-refractivity contribution < 1.29 is 23.5 Å². The molecule has 2 aliphatic rings. The van der Waals surface area contributed by atoms with Crippen LogP contribution in [-0.2, 0) is 15.0 Å². The number of hydrogen-bond acceptors (Lipinski definition) is 3. The fourth-order valence-electron chi connectivity index (χ4n) is 5.13. The molecule has 1 saturated heterocycles. The fraction of sp³-hybridized carbons (Fsp3) is 0.391. The van der Waals surface area contributed by atoms with E-state index in [1.54, 1.807) is 32.0 Å². The molecular formula is C23H22Cl2F2N2O3. The van der Waals surface area contributed by atoms with E-state index in [0.29, 0.717) is 16.3 Å². The topological polar surface area (TPSA) is 78.4 Å². The molecule has 0 aromatic heterocycles. The van der Waals surface area contributed by atoms with E-state index in [9.17, 15) is 19.1 Å². The number of amides is 1. The number of halogens is 4. The highest BCUT2D eigenvalue weighted by molar-refractivity contribution is 6.31. The predicted octanol–water partition coefficient (Wildman–Crippen LogP) is 4.92. The average molecular weight is 483 g/mol. The molecule has 2 aromatic rings. The summed E-state index contributed by atoms with van der Waals surface area (Å²) in [6.45, 7) is 2.71. The lowest BCUT2D eigenvalue weighted by Gasteiger charge is -2.37. The van der Waals surface area contributed by atoms with Crippen molar-refractivity contribution >= 4 is 40.8 Å². The van der Waals surface area contributed by atoms with Crippen LogP contribution in [-0.4, -0.2) is 35.7 Å². The van der Waals surface area contributed by atoms with Crippen LogP contribution < -0.4 is 10.6 Å². The Kier molecular flexibility index (Phi) is 5.72.